The summed E-state index contributed by atoms with van der Waals surface area (Å²) in [5, 5.41) is 11.3. The van der Waals surface area contributed by atoms with Gasteiger partial charge >= 0.3 is 0 Å². The molecule has 0 saturated carbocycles. The molecule has 0 radical (unpaired) electrons. The maximum atomic E-state index is 12.5. The number of nitrogens with zero attached hydrogens (tertiary/aromatic N) is 3. The molecule has 1 amide bonds. The summed E-state index contributed by atoms with van der Waals surface area (Å²) < 4.78 is 10.4. The highest BCUT2D eigenvalue weighted by Crippen LogP contribution is 2.22. The number of methoxy groups -OCH3 is 1. The van der Waals surface area contributed by atoms with Crippen LogP contribution in [0.25, 0.3) is 0 Å². The predicted octanol–water partition coefficient (Wildman–Crippen LogP) is 1.24. The predicted molar refractivity (Wildman–Crippen MR) is 90.1 cm³/mol. The van der Waals surface area contributed by atoms with Crippen LogP contribution in [0.5, 0.6) is 5.88 Å². The molecule has 1 unspecified atom stereocenters. The van der Waals surface area contributed by atoms with Crippen LogP contribution < -0.4 is 15.0 Å². The normalized spacial score (nSPS) is 22.2. The van der Waals surface area contributed by atoms with Crippen LogP contribution in [-0.4, -0.2) is 56.1 Å². The van der Waals surface area contributed by atoms with Gasteiger partial charge in [0.25, 0.3) is 0 Å². The van der Waals surface area contributed by atoms with Crippen LogP contribution in [0.15, 0.2) is 12.1 Å². The third kappa shape index (κ3) is 4.35. The SMILES string of the molecule is COc1ccc(N2CCCC(C(=O)NCC3CCOCC3)C2)nn1. The molecule has 2 aliphatic rings. The van der Waals surface area contributed by atoms with Gasteiger partial charge in [-0.1, -0.05) is 0 Å². The van der Waals surface area contributed by atoms with E-state index >= 15 is 0 Å². The summed E-state index contributed by atoms with van der Waals surface area (Å²) in [7, 11) is 1.57. The molecule has 2 aliphatic heterocycles. The fourth-order valence-electron chi connectivity index (χ4n) is 3.33. The van der Waals surface area contributed by atoms with Gasteiger partial charge in [0.05, 0.1) is 13.0 Å². The van der Waals surface area contributed by atoms with E-state index in [2.05, 4.69) is 20.4 Å². The largest absolute Gasteiger partial charge is 0.480 e. The number of carbonyl (C=O) groups is 1. The minimum Gasteiger partial charge on any atom is -0.480 e. The van der Waals surface area contributed by atoms with E-state index in [1.165, 1.54) is 0 Å². The number of carbonyl (C=O) groups excluding carboxylic acids is 1. The van der Waals surface area contributed by atoms with E-state index in [9.17, 15) is 4.79 Å². The van der Waals surface area contributed by atoms with E-state index in [-0.39, 0.29) is 11.8 Å². The lowest BCUT2D eigenvalue weighted by Crippen LogP contribution is -2.44. The molecule has 3 rings (SSSR count). The second-order valence-electron chi connectivity index (χ2n) is 6.52. The number of hydrogen-bond acceptors (Lipinski definition) is 6. The zero-order valence-corrected chi connectivity index (χ0v) is 14.2. The second kappa shape index (κ2) is 8.28. The molecule has 1 N–H and O–H groups in total. The van der Waals surface area contributed by atoms with Crippen molar-refractivity contribution in [3.63, 3.8) is 0 Å². The summed E-state index contributed by atoms with van der Waals surface area (Å²) in [6.45, 7) is 3.99. The summed E-state index contributed by atoms with van der Waals surface area (Å²) in [5.74, 6) is 2.03. The van der Waals surface area contributed by atoms with E-state index in [1.54, 1.807) is 13.2 Å². The number of nitrogens with one attached hydrogen (secondary N) is 1. The summed E-state index contributed by atoms with van der Waals surface area (Å²) in [5.41, 5.74) is 0. The first-order chi connectivity index (χ1) is 11.8. The van der Waals surface area contributed by atoms with Crippen molar-refractivity contribution in [1.29, 1.82) is 0 Å². The molecule has 1 atom stereocenters. The Hall–Kier alpha value is -1.89. The summed E-state index contributed by atoms with van der Waals surface area (Å²) in [6.07, 6.45) is 4.00. The highest BCUT2D eigenvalue weighted by atomic mass is 16.5. The zero-order valence-electron chi connectivity index (χ0n) is 14.2. The molecule has 7 nitrogen and oxygen atoms in total. The molecule has 0 aromatic carbocycles. The topological polar surface area (TPSA) is 76.6 Å². The minimum atomic E-state index is 0.0162. The van der Waals surface area contributed by atoms with Gasteiger partial charge < -0.3 is 19.7 Å². The molecular weight excluding hydrogens is 308 g/mol. The van der Waals surface area contributed by atoms with E-state index in [1.807, 2.05) is 6.07 Å². The van der Waals surface area contributed by atoms with Crippen LogP contribution >= 0.6 is 0 Å². The standard InChI is InChI=1S/C17H26N4O3/c1-23-16-5-4-15(19-20-16)21-8-2-3-14(12-21)17(22)18-11-13-6-9-24-10-7-13/h4-5,13-14H,2-3,6-12H2,1H3,(H,18,22). The maximum absolute atomic E-state index is 12.5. The van der Waals surface area contributed by atoms with Crippen molar-refractivity contribution < 1.29 is 14.3 Å². The van der Waals surface area contributed by atoms with E-state index in [0.717, 1.165) is 57.8 Å². The molecule has 2 fully saturated rings. The number of rotatable bonds is 5. The monoisotopic (exact) mass is 334 g/mol. The van der Waals surface area contributed by atoms with Gasteiger partial charge in [0.1, 0.15) is 0 Å². The van der Waals surface area contributed by atoms with Gasteiger partial charge in [-0.15, -0.1) is 10.2 Å². The van der Waals surface area contributed by atoms with Crippen LogP contribution in [0.1, 0.15) is 25.7 Å². The van der Waals surface area contributed by atoms with E-state index in [4.69, 9.17) is 9.47 Å². The molecule has 1 aromatic rings. The summed E-state index contributed by atoms with van der Waals surface area (Å²) >= 11 is 0. The highest BCUT2D eigenvalue weighted by Gasteiger charge is 2.27. The quantitative estimate of drug-likeness (QED) is 0.873. The number of anilines is 1. The van der Waals surface area contributed by atoms with Gasteiger partial charge in [0.2, 0.25) is 11.8 Å². The van der Waals surface area contributed by atoms with Gasteiger partial charge in [-0.2, -0.15) is 0 Å². The fourth-order valence-corrected chi connectivity index (χ4v) is 3.33. The van der Waals surface area contributed by atoms with Gasteiger partial charge in [0, 0.05) is 38.9 Å². The van der Waals surface area contributed by atoms with Gasteiger partial charge in [0.15, 0.2) is 5.82 Å². The molecule has 132 valence electrons. The number of ether oxygens (including phenoxy) is 2. The van der Waals surface area contributed by atoms with E-state index in [0.29, 0.717) is 18.3 Å². The number of piperidine rings is 1. The third-order valence-electron chi connectivity index (χ3n) is 4.86. The molecule has 3 heterocycles. The Bertz CT molecular complexity index is 531. The van der Waals surface area contributed by atoms with Gasteiger partial charge in [-0.3, -0.25) is 4.79 Å². The Balaban J connectivity index is 1.51. The van der Waals surface area contributed by atoms with Crippen molar-refractivity contribution in [3.8, 4) is 5.88 Å². The Morgan fingerprint density at radius 1 is 1.33 bits per heavy atom. The Morgan fingerprint density at radius 3 is 2.88 bits per heavy atom. The molecule has 2 saturated heterocycles. The molecule has 0 aliphatic carbocycles. The lowest BCUT2D eigenvalue weighted by atomic mass is 9.96. The minimum absolute atomic E-state index is 0.0162. The summed E-state index contributed by atoms with van der Waals surface area (Å²) in [4.78, 5) is 14.6. The number of aromatic nitrogens is 2. The summed E-state index contributed by atoms with van der Waals surface area (Å²) in [6, 6.07) is 3.70. The Labute approximate surface area is 142 Å². The van der Waals surface area contributed by atoms with Crippen molar-refractivity contribution in [2.24, 2.45) is 11.8 Å². The first-order valence-electron chi connectivity index (χ1n) is 8.74. The molecule has 0 bridgehead atoms. The first-order valence-corrected chi connectivity index (χ1v) is 8.74. The van der Waals surface area contributed by atoms with Crippen LogP contribution in [0.3, 0.4) is 0 Å². The Morgan fingerprint density at radius 2 is 2.17 bits per heavy atom. The lowest BCUT2D eigenvalue weighted by molar-refractivity contribution is -0.125. The van der Waals surface area contributed by atoms with Gasteiger partial charge in [-0.05, 0) is 37.7 Å². The molecule has 1 aromatic heterocycles. The maximum Gasteiger partial charge on any atom is 0.233 e. The average Bonchev–Trinajstić information content (AvgIpc) is 2.67. The van der Waals surface area contributed by atoms with Crippen molar-refractivity contribution in [2.75, 3.05) is 44.9 Å². The van der Waals surface area contributed by atoms with Crippen molar-refractivity contribution in [1.82, 2.24) is 15.5 Å². The van der Waals surface area contributed by atoms with Gasteiger partial charge in [-0.25, -0.2) is 0 Å². The van der Waals surface area contributed by atoms with Crippen molar-refractivity contribution in [2.45, 2.75) is 25.7 Å². The molecule has 7 heteroatoms. The van der Waals surface area contributed by atoms with Crippen LogP contribution in [0, 0.1) is 11.8 Å². The Kier molecular flexibility index (Phi) is 5.85. The fraction of sp³-hybridized carbons (Fsp3) is 0.706. The first kappa shape index (κ1) is 17.0. The van der Waals surface area contributed by atoms with Crippen molar-refractivity contribution >= 4 is 11.7 Å². The second-order valence-corrected chi connectivity index (χ2v) is 6.52. The van der Waals surface area contributed by atoms with Crippen LogP contribution in [0.2, 0.25) is 0 Å². The van der Waals surface area contributed by atoms with Crippen LogP contribution in [0.4, 0.5) is 5.82 Å². The molecule has 24 heavy (non-hydrogen) atoms. The van der Waals surface area contributed by atoms with Crippen molar-refractivity contribution in [3.05, 3.63) is 12.1 Å². The third-order valence-corrected chi connectivity index (χ3v) is 4.86. The zero-order chi connectivity index (χ0) is 16.8. The van der Waals surface area contributed by atoms with E-state index < -0.39 is 0 Å². The number of amides is 1. The lowest BCUT2D eigenvalue weighted by Gasteiger charge is -2.33. The smallest absolute Gasteiger partial charge is 0.233 e. The highest BCUT2D eigenvalue weighted by molar-refractivity contribution is 5.79. The molecule has 0 spiro atoms. The average molecular weight is 334 g/mol. The van der Waals surface area contributed by atoms with Crippen LogP contribution in [-0.2, 0) is 9.53 Å². The number of hydrogen-bond donors (Lipinski definition) is 1. The molecular formula is C17H26N4O3.